The smallest absolute Gasteiger partial charge is 0.258 e. The molecule has 0 aliphatic carbocycles. The highest BCUT2D eigenvalue weighted by molar-refractivity contribution is 6.33. The first kappa shape index (κ1) is 19.4. The third-order valence-electron chi connectivity index (χ3n) is 5.19. The van der Waals surface area contributed by atoms with Crippen molar-refractivity contribution in [2.24, 2.45) is 5.92 Å². The molecule has 1 aliphatic heterocycles. The molecule has 6 heteroatoms. The summed E-state index contributed by atoms with van der Waals surface area (Å²) in [7, 11) is 0. The minimum absolute atomic E-state index is 0.0419. The van der Waals surface area contributed by atoms with Crippen molar-refractivity contribution in [3.05, 3.63) is 63.9 Å². The average Bonchev–Trinajstić information content (AvgIpc) is 2.65. The highest BCUT2D eigenvalue weighted by Crippen LogP contribution is 2.26. The Labute approximate surface area is 163 Å². The number of benzene rings is 2. The number of carbonyl (C=O) groups is 2. The molecule has 0 spiro atoms. The van der Waals surface area contributed by atoms with E-state index >= 15 is 0 Å². The summed E-state index contributed by atoms with van der Waals surface area (Å²) in [6, 6.07) is 10.0. The minimum Gasteiger partial charge on any atom is -0.338 e. The molecule has 1 N–H and O–H groups in total. The standard InChI is InChI=1S/C21H22ClFN2O2/c1-13-5-3-8-18(14(13)2)24-20(26)15-9-11-25(12-10-15)21(27)19-16(22)6-4-7-17(19)23/h3-8,15H,9-12H2,1-2H3,(H,24,26). The molecule has 0 saturated carbocycles. The lowest BCUT2D eigenvalue weighted by atomic mass is 9.95. The molecule has 2 amide bonds. The monoisotopic (exact) mass is 388 g/mol. The fourth-order valence-electron chi connectivity index (χ4n) is 3.33. The maximum Gasteiger partial charge on any atom is 0.258 e. The number of piperidine rings is 1. The molecule has 3 rings (SSSR count). The topological polar surface area (TPSA) is 49.4 Å². The SMILES string of the molecule is Cc1cccc(NC(=O)C2CCN(C(=O)c3c(F)cccc3Cl)CC2)c1C. The fraction of sp³-hybridized carbons (Fsp3) is 0.333. The van der Waals surface area contributed by atoms with Crippen LogP contribution in [-0.4, -0.2) is 29.8 Å². The number of halogens is 2. The van der Waals surface area contributed by atoms with Gasteiger partial charge in [0.15, 0.2) is 0 Å². The van der Waals surface area contributed by atoms with E-state index in [1.54, 1.807) is 4.90 Å². The van der Waals surface area contributed by atoms with Crippen LogP contribution in [-0.2, 0) is 4.79 Å². The molecule has 0 bridgehead atoms. The predicted molar refractivity (Wildman–Crippen MR) is 105 cm³/mol. The quantitative estimate of drug-likeness (QED) is 0.836. The summed E-state index contributed by atoms with van der Waals surface area (Å²) in [6.45, 7) is 4.77. The zero-order chi connectivity index (χ0) is 19.6. The molecule has 0 unspecified atom stereocenters. The van der Waals surface area contributed by atoms with Crippen molar-refractivity contribution in [1.29, 1.82) is 0 Å². The van der Waals surface area contributed by atoms with Crippen LogP contribution in [0.25, 0.3) is 0 Å². The summed E-state index contributed by atoms with van der Waals surface area (Å²) in [5.74, 6) is -1.27. The second-order valence-electron chi connectivity index (χ2n) is 6.90. The molecule has 142 valence electrons. The van der Waals surface area contributed by atoms with Gasteiger partial charge in [-0.2, -0.15) is 0 Å². The Kier molecular flexibility index (Phi) is 5.80. The number of amides is 2. The fourth-order valence-corrected chi connectivity index (χ4v) is 3.57. The number of anilines is 1. The summed E-state index contributed by atoms with van der Waals surface area (Å²) in [5.41, 5.74) is 2.89. The van der Waals surface area contributed by atoms with Gasteiger partial charge in [0.1, 0.15) is 5.82 Å². The zero-order valence-corrected chi connectivity index (χ0v) is 16.1. The Bertz CT molecular complexity index is 856. The first-order valence-corrected chi connectivity index (χ1v) is 9.36. The summed E-state index contributed by atoms with van der Waals surface area (Å²) in [4.78, 5) is 26.7. The van der Waals surface area contributed by atoms with Gasteiger partial charge in [-0.15, -0.1) is 0 Å². The van der Waals surface area contributed by atoms with E-state index in [4.69, 9.17) is 11.6 Å². The first-order chi connectivity index (χ1) is 12.9. The largest absolute Gasteiger partial charge is 0.338 e. The Morgan fingerprint density at radius 3 is 2.44 bits per heavy atom. The second-order valence-corrected chi connectivity index (χ2v) is 7.31. The summed E-state index contributed by atoms with van der Waals surface area (Å²) in [5, 5.41) is 3.10. The van der Waals surface area contributed by atoms with Crippen molar-refractivity contribution in [1.82, 2.24) is 4.90 Å². The number of hydrogen-bond donors (Lipinski definition) is 1. The molecular formula is C21H22ClFN2O2. The lowest BCUT2D eigenvalue weighted by Crippen LogP contribution is -2.41. The van der Waals surface area contributed by atoms with E-state index in [-0.39, 0.29) is 22.4 Å². The first-order valence-electron chi connectivity index (χ1n) is 8.99. The number of rotatable bonds is 3. The number of hydrogen-bond acceptors (Lipinski definition) is 2. The molecule has 2 aromatic rings. The van der Waals surface area contributed by atoms with Gasteiger partial charge in [-0.05, 0) is 56.0 Å². The van der Waals surface area contributed by atoms with Crippen molar-refractivity contribution >= 4 is 29.1 Å². The van der Waals surface area contributed by atoms with Crippen molar-refractivity contribution in [3.63, 3.8) is 0 Å². The van der Waals surface area contributed by atoms with E-state index in [0.29, 0.717) is 25.9 Å². The molecule has 1 aliphatic rings. The van der Waals surface area contributed by atoms with Crippen molar-refractivity contribution < 1.29 is 14.0 Å². The van der Waals surface area contributed by atoms with E-state index in [1.807, 2.05) is 32.0 Å². The van der Waals surface area contributed by atoms with Crippen LogP contribution in [0.1, 0.15) is 34.3 Å². The van der Waals surface area contributed by atoms with Crippen LogP contribution in [0.4, 0.5) is 10.1 Å². The maximum atomic E-state index is 14.0. The summed E-state index contributed by atoms with van der Waals surface area (Å²) in [6.07, 6.45) is 1.07. The number of aryl methyl sites for hydroxylation is 1. The van der Waals surface area contributed by atoms with Crippen molar-refractivity contribution in [2.75, 3.05) is 18.4 Å². The van der Waals surface area contributed by atoms with Crippen LogP contribution in [0.5, 0.6) is 0 Å². The highest BCUT2D eigenvalue weighted by atomic mass is 35.5. The normalized spacial score (nSPS) is 14.9. The van der Waals surface area contributed by atoms with E-state index < -0.39 is 11.7 Å². The van der Waals surface area contributed by atoms with Gasteiger partial charge in [0.05, 0.1) is 10.6 Å². The molecule has 1 fully saturated rings. The van der Waals surface area contributed by atoms with Crippen LogP contribution in [0.3, 0.4) is 0 Å². The van der Waals surface area contributed by atoms with Gasteiger partial charge in [0, 0.05) is 24.7 Å². The third kappa shape index (κ3) is 4.14. The van der Waals surface area contributed by atoms with Gasteiger partial charge in [-0.3, -0.25) is 9.59 Å². The Balaban J connectivity index is 1.62. The number of nitrogens with one attached hydrogen (secondary N) is 1. The molecule has 27 heavy (non-hydrogen) atoms. The van der Waals surface area contributed by atoms with Gasteiger partial charge >= 0.3 is 0 Å². The van der Waals surface area contributed by atoms with E-state index in [1.165, 1.54) is 18.2 Å². The van der Waals surface area contributed by atoms with Gasteiger partial charge in [-0.25, -0.2) is 4.39 Å². The number of likely N-dealkylation sites (tertiary alicyclic amines) is 1. The molecular weight excluding hydrogens is 367 g/mol. The molecule has 4 nitrogen and oxygen atoms in total. The van der Waals surface area contributed by atoms with Crippen molar-refractivity contribution in [3.8, 4) is 0 Å². The number of carbonyl (C=O) groups excluding carboxylic acids is 2. The van der Waals surface area contributed by atoms with Gasteiger partial charge < -0.3 is 10.2 Å². The lowest BCUT2D eigenvalue weighted by Gasteiger charge is -2.31. The van der Waals surface area contributed by atoms with Crippen LogP contribution in [0.15, 0.2) is 36.4 Å². The second kappa shape index (κ2) is 8.09. The summed E-state index contributed by atoms with van der Waals surface area (Å²) < 4.78 is 14.0. The van der Waals surface area contributed by atoms with Gasteiger partial charge in [-0.1, -0.05) is 29.8 Å². The molecule has 1 saturated heterocycles. The van der Waals surface area contributed by atoms with E-state index in [2.05, 4.69) is 5.32 Å². The predicted octanol–water partition coefficient (Wildman–Crippen LogP) is 4.59. The number of nitrogens with zero attached hydrogens (tertiary/aromatic N) is 1. The Morgan fingerprint density at radius 1 is 1.11 bits per heavy atom. The van der Waals surface area contributed by atoms with E-state index in [0.717, 1.165) is 16.8 Å². The lowest BCUT2D eigenvalue weighted by molar-refractivity contribution is -0.121. The average molecular weight is 389 g/mol. The maximum absolute atomic E-state index is 14.0. The molecule has 0 aromatic heterocycles. The van der Waals surface area contributed by atoms with E-state index in [9.17, 15) is 14.0 Å². The van der Waals surface area contributed by atoms with Crippen LogP contribution < -0.4 is 5.32 Å². The van der Waals surface area contributed by atoms with Crippen LogP contribution in [0.2, 0.25) is 5.02 Å². The minimum atomic E-state index is -0.623. The molecule has 1 heterocycles. The molecule has 0 radical (unpaired) electrons. The zero-order valence-electron chi connectivity index (χ0n) is 15.4. The highest BCUT2D eigenvalue weighted by Gasteiger charge is 2.30. The van der Waals surface area contributed by atoms with Gasteiger partial charge in [0.25, 0.3) is 5.91 Å². The third-order valence-corrected chi connectivity index (χ3v) is 5.51. The van der Waals surface area contributed by atoms with Gasteiger partial charge in [0.2, 0.25) is 5.91 Å². The Hall–Kier alpha value is -2.40. The molecule has 2 aromatic carbocycles. The van der Waals surface area contributed by atoms with Crippen LogP contribution >= 0.6 is 11.6 Å². The van der Waals surface area contributed by atoms with Crippen molar-refractivity contribution in [2.45, 2.75) is 26.7 Å². The Morgan fingerprint density at radius 2 is 1.78 bits per heavy atom. The summed E-state index contributed by atoms with van der Waals surface area (Å²) >= 11 is 5.99. The van der Waals surface area contributed by atoms with Crippen LogP contribution in [0, 0.1) is 25.6 Å². The molecule has 0 atom stereocenters.